The Morgan fingerprint density at radius 2 is 1.92 bits per heavy atom. The van der Waals surface area contributed by atoms with Gasteiger partial charge in [0, 0.05) is 5.56 Å². The summed E-state index contributed by atoms with van der Waals surface area (Å²) in [4.78, 5) is 25.8. The number of benzene rings is 2. The lowest BCUT2D eigenvalue weighted by atomic mass is 10.1. The number of ketones is 1. The van der Waals surface area contributed by atoms with Crippen molar-refractivity contribution in [2.45, 2.75) is 6.92 Å². The smallest absolute Gasteiger partial charge is 0.270 e. The minimum absolute atomic E-state index is 0.0436. The van der Waals surface area contributed by atoms with Crippen molar-refractivity contribution in [3.8, 4) is 0 Å². The minimum atomic E-state index is -0.362. The van der Waals surface area contributed by atoms with E-state index in [2.05, 4.69) is 0 Å². The van der Waals surface area contributed by atoms with Crippen LogP contribution in [0.5, 0.6) is 0 Å². The summed E-state index contributed by atoms with van der Waals surface area (Å²) in [5.41, 5.74) is 1.77. The summed E-state index contributed by atoms with van der Waals surface area (Å²) in [6, 6.07) is 12.7. The molecule has 2 aromatic carbocycles. The van der Waals surface area contributed by atoms with Crippen LogP contribution in [-0.4, -0.2) is 16.0 Å². The highest BCUT2D eigenvalue weighted by molar-refractivity contribution is 8.27. The average Bonchev–Trinajstić information content (AvgIpc) is 2.81. The lowest BCUT2D eigenvalue weighted by Crippen LogP contribution is -2.27. The number of amides is 1. The molecule has 0 bridgehead atoms. The second kappa shape index (κ2) is 6.67. The first-order chi connectivity index (χ1) is 11.5. The van der Waals surface area contributed by atoms with Gasteiger partial charge in [0.15, 0.2) is 10.1 Å². The second-order valence-electron chi connectivity index (χ2n) is 5.18. The van der Waals surface area contributed by atoms with E-state index in [1.807, 2.05) is 0 Å². The molecular weight excluding hydrogens is 345 g/mol. The molecule has 0 unspecified atom stereocenters. The minimum Gasteiger partial charge on any atom is -0.295 e. The topological polar surface area (TPSA) is 37.4 Å². The number of anilines is 1. The molecule has 0 saturated carbocycles. The van der Waals surface area contributed by atoms with Crippen molar-refractivity contribution in [2.24, 2.45) is 0 Å². The Morgan fingerprint density at radius 3 is 2.54 bits per heavy atom. The number of hydrogen-bond donors (Lipinski definition) is 0. The average molecular weight is 357 g/mol. The summed E-state index contributed by atoms with van der Waals surface area (Å²) < 4.78 is 13.7. The first-order valence-corrected chi connectivity index (χ1v) is 8.33. The van der Waals surface area contributed by atoms with Crippen molar-refractivity contribution in [3.05, 3.63) is 70.4 Å². The number of thioether (sulfide) groups is 1. The van der Waals surface area contributed by atoms with Crippen LogP contribution in [0.3, 0.4) is 0 Å². The zero-order valence-electron chi connectivity index (χ0n) is 12.7. The van der Waals surface area contributed by atoms with E-state index in [4.69, 9.17) is 12.2 Å². The fraction of sp³-hybridized carbons (Fsp3) is 0.0556. The normalized spacial score (nSPS) is 16.1. The van der Waals surface area contributed by atoms with Crippen molar-refractivity contribution in [1.82, 2.24) is 0 Å². The Labute approximate surface area is 148 Å². The van der Waals surface area contributed by atoms with E-state index >= 15 is 0 Å². The highest BCUT2D eigenvalue weighted by atomic mass is 32.2. The lowest BCUT2D eigenvalue weighted by molar-refractivity contribution is -0.113. The van der Waals surface area contributed by atoms with E-state index < -0.39 is 0 Å². The maximum Gasteiger partial charge on any atom is 0.270 e. The molecule has 2 aromatic rings. The van der Waals surface area contributed by atoms with Crippen molar-refractivity contribution in [3.63, 3.8) is 0 Å². The van der Waals surface area contributed by atoms with Gasteiger partial charge in [-0.2, -0.15) is 0 Å². The largest absolute Gasteiger partial charge is 0.295 e. The molecule has 1 aliphatic heterocycles. The van der Waals surface area contributed by atoms with Gasteiger partial charge in [0.1, 0.15) is 5.82 Å². The zero-order chi connectivity index (χ0) is 17.3. The van der Waals surface area contributed by atoms with Crippen LogP contribution >= 0.6 is 24.0 Å². The first kappa shape index (κ1) is 16.5. The Kier molecular flexibility index (Phi) is 4.59. The monoisotopic (exact) mass is 357 g/mol. The van der Waals surface area contributed by atoms with Crippen LogP contribution < -0.4 is 4.90 Å². The number of halogens is 1. The highest BCUT2D eigenvalue weighted by Crippen LogP contribution is 2.36. The van der Waals surface area contributed by atoms with Gasteiger partial charge < -0.3 is 0 Å². The van der Waals surface area contributed by atoms with Gasteiger partial charge in [-0.25, -0.2) is 4.39 Å². The molecule has 0 radical (unpaired) electrons. The van der Waals surface area contributed by atoms with E-state index in [1.165, 1.54) is 35.7 Å². The second-order valence-corrected chi connectivity index (χ2v) is 6.85. The van der Waals surface area contributed by atoms with Crippen LogP contribution in [0.2, 0.25) is 0 Å². The van der Waals surface area contributed by atoms with Crippen LogP contribution in [0.15, 0.2) is 53.4 Å². The number of carbonyl (C=O) groups is 2. The Morgan fingerprint density at radius 1 is 1.21 bits per heavy atom. The van der Waals surface area contributed by atoms with Crippen molar-refractivity contribution >= 4 is 51.8 Å². The summed E-state index contributed by atoms with van der Waals surface area (Å²) in [6.45, 7) is 1.48. The molecule has 3 nitrogen and oxygen atoms in total. The summed E-state index contributed by atoms with van der Waals surface area (Å²) in [5.74, 6) is -0.665. The Hall–Kier alpha value is -2.31. The molecular formula is C18H12FNO2S2. The summed E-state index contributed by atoms with van der Waals surface area (Å²) in [7, 11) is 0. The molecule has 1 aliphatic rings. The van der Waals surface area contributed by atoms with E-state index in [0.29, 0.717) is 26.0 Å². The third-order valence-corrected chi connectivity index (χ3v) is 4.77. The molecule has 0 atom stereocenters. The van der Waals surface area contributed by atoms with Crippen molar-refractivity contribution in [2.75, 3.05) is 4.90 Å². The van der Waals surface area contributed by atoms with Gasteiger partial charge in [0.25, 0.3) is 5.91 Å². The van der Waals surface area contributed by atoms with Gasteiger partial charge in [-0.15, -0.1) is 0 Å². The van der Waals surface area contributed by atoms with Gasteiger partial charge in [-0.1, -0.05) is 36.1 Å². The molecule has 0 aliphatic carbocycles. The van der Waals surface area contributed by atoms with Gasteiger partial charge in [0.2, 0.25) is 0 Å². The van der Waals surface area contributed by atoms with Gasteiger partial charge in [-0.3, -0.25) is 14.5 Å². The lowest BCUT2D eigenvalue weighted by Gasteiger charge is -2.14. The van der Waals surface area contributed by atoms with Crippen LogP contribution in [0.25, 0.3) is 6.08 Å². The number of nitrogens with zero attached hydrogens (tertiary/aromatic N) is 1. The quantitative estimate of drug-likeness (QED) is 0.462. The Balaban J connectivity index is 1.90. The number of rotatable bonds is 3. The molecule has 1 saturated heterocycles. The SMILES string of the molecule is CC(=O)c1ccc(N2C(=O)/C(=C/c3cccc(F)c3)SC2=S)cc1. The van der Waals surface area contributed by atoms with Gasteiger partial charge >= 0.3 is 0 Å². The van der Waals surface area contributed by atoms with E-state index in [9.17, 15) is 14.0 Å². The first-order valence-electron chi connectivity index (χ1n) is 7.10. The Bertz CT molecular complexity index is 875. The molecule has 0 aromatic heterocycles. The van der Waals surface area contributed by atoms with E-state index in [1.54, 1.807) is 42.5 Å². The predicted octanol–water partition coefficient (Wildman–Crippen LogP) is 4.43. The molecule has 3 rings (SSSR count). The molecule has 0 spiro atoms. The predicted molar refractivity (Wildman–Crippen MR) is 98.5 cm³/mol. The van der Waals surface area contributed by atoms with Crippen LogP contribution in [0.4, 0.5) is 10.1 Å². The third kappa shape index (κ3) is 3.29. The maximum absolute atomic E-state index is 13.3. The fourth-order valence-corrected chi connectivity index (χ4v) is 3.58. The standard InChI is InChI=1S/C18H12FNO2S2/c1-11(21)13-5-7-15(8-6-13)20-17(22)16(24-18(20)23)10-12-3-2-4-14(19)9-12/h2-10H,1H3/b16-10-. The molecule has 0 N–H and O–H groups in total. The fourth-order valence-electron chi connectivity index (χ4n) is 2.28. The molecule has 24 heavy (non-hydrogen) atoms. The van der Waals surface area contributed by atoms with Crippen LogP contribution in [-0.2, 0) is 4.79 Å². The number of thiocarbonyl (C=S) groups is 1. The van der Waals surface area contributed by atoms with Gasteiger partial charge in [0.05, 0.1) is 10.6 Å². The molecule has 6 heteroatoms. The van der Waals surface area contributed by atoms with Crippen LogP contribution in [0, 0.1) is 5.82 Å². The molecule has 1 amide bonds. The van der Waals surface area contributed by atoms with E-state index in [0.717, 1.165) is 0 Å². The molecule has 1 heterocycles. The van der Waals surface area contributed by atoms with Crippen molar-refractivity contribution < 1.29 is 14.0 Å². The highest BCUT2D eigenvalue weighted by Gasteiger charge is 2.33. The third-order valence-electron chi connectivity index (χ3n) is 3.47. The molecule has 120 valence electrons. The molecule has 1 fully saturated rings. The van der Waals surface area contributed by atoms with Crippen LogP contribution in [0.1, 0.15) is 22.8 Å². The number of hydrogen-bond acceptors (Lipinski definition) is 4. The number of carbonyl (C=O) groups excluding carboxylic acids is 2. The number of Topliss-reactive ketones (excluding diaryl/α,β-unsaturated/α-hetero) is 1. The van der Waals surface area contributed by atoms with Crippen molar-refractivity contribution in [1.29, 1.82) is 0 Å². The zero-order valence-corrected chi connectivity index (χ0v) is 14.3. The summed E-state index contributed by atoms with van der Waals surface area (Å²) in [5, 5.41) is 0. The van der Waals surface area contributed by atoms with E-state index in [-0.39, 0.29) is 17.5 Å². The van der Waals surface area contributed by atoms with Gasteiger partial charge in [-0.05, 0) is 55.0 Å². The summed E-state index contributed by atoms with van der Waals surface area (Å²) in [6.07, 6.45) is 1.62. The maximum atomic E-state index is 13.3. The summed E-state index contributed by atoms with van der Waals surface area (Å²) >= 11 is 6.46.